The maximum atomic E-state index is 9.90. The lowest BCUT2D eigenvalue weighted by molar-refractivity contribution is 0.195. The fourth-order valence-corrected chi connectivity index (χ4v) is 1.94. The maximum Gasteiger partial charge on any atom is 0.123 e. The van der Waals surface area contributed by atoms with Gasteiger partial charge in [0.05, 0.1) is 12.7 Å². The third-order valence-electron chi connectivity index (χ3n) is 2.96. The van der Waals surface area contributed by atoms with Crippen molar-refractivity contribution in [3.8, 4) is 5.75 Å². The van der Waals surface area contributed by atoms with Crippen LogP contribution in [0.5, 0.6) is 5.75 Å². The molecule has 102 valence electrons. The summed E-state index contributed by atoms with van der Waals surface area (Å²) in [5, 5.41) is 19.4. The molecule has 0 spiro atoms. The van der Waals surface area contributed by atoms with Crippen molar-refractivity contribution in [2.75, 3.05) is 25.2 Å². The molecule has 1 unspecified atom stereocenters. The third-order valence-corrected chi connectivity index (χ3v) is 2.96. The Kier molecular flexibility index (Phi) is 5.44. The summed E-state index contributed by atoms with van der Waals surface area (Å²) in [5.41, 5.74) is 1.48. The molecular formula is C14H23NO3. The monoisotopic (exact) mass is 253 g/mol. The van der Waals surface area contributed by atoms with Crippen molar-refractivity contribution >= 4 is 5.69 Å². The number of ether oxygens (including phenoxy) is 1. The molecule has 0 aromatic heterocycles. The second-order valence-electron chi connectivity index (χ2n) is 4.70. The Morgan fingerprint density at radius 1 is 1.28 bits per heavy atom. The van der Waals surface area contributed by atoms with Crippen LogP contribution in [0.3, 0.4) is 0 Å². The fraction of sp³-hybridized carbons (Fsp3) is 0.571. The van der Waals surface area contributed by atoms with E-state index in [1.54, 1.807) is 26.2 Å². The van der Waals surface area contributed by atoms with Gasteiger partial charge in [-0.25, -0.2) is 0 Å². The predicted molar refractivity (Wildman–Crippen MR) is 73.1 cm³/mol. The van der Waals surface area contributed by atoms with Crippen LogP contribution in [0.2, 0.25) is 0 Å². The van der Waals surface area contributed by atoms with E-state index in [1.807, 2.05) is 6.07 Å². The van der Waals surface area contributed by atoms with E-state index in [-0.39, 0.29) is 5.75 Å². The largest absolute Gasteiger partial charge is 0.507 e. The number of phenols is 1. The number of aliphatic hydroxyl groups is 1. The van der Waals surface area contributed by atoms with Gasteiger partial charge in [-0.1, -0.05) is 6.07 Å². The van der Waals surface area contributed by atoms with E-state index >= 15 is 0 Å². The molecule has 4 nitrogen and oxygen atoms in total. The zero-order valence-corrected chi connectivity index (χ0v) is 11.6. The number of aromatic hydroxyl groups is 1. The van der Waals surface area contributed by atoms with E-state index in [0.717, 1.165) is 12.2 Å². The Morgan fingerprint density at radius 2 is 1.94 bits per heavy atom. The number of anilines is 1. The molecule has 1 atom stereocenters. The molecule has 0 fully saturated rings. The van der Waals surface area contributed by atoms with Crippen LogP contribution in [0.4, 0.5) is 5.69 Å². The highest BCUT2D eigenvalue weighted by Crippen LogP contribution is 2.29. The van der Waals surface area contributed by atoms with Crippen molar-refractivity contribution in [2.45, 2.75) is 32.9 Å². The van der Waals surface area contributed by atoms with Crippen molar-refractivity contribution < 1.29 is 14.9 Å². The summed E-state index contributed by atoms with van der Waals surface area (Å²) < 4.78 is 5.09. The maximum absolute atomic E-state index is 9.90. The molecule has 0 amide bonds. The minimum atomic E-state index is -0.662. The highest BCUT2D eigenvalue weighted by atomic mass is 16.5. The first kappa shape index (κ1) is 14.8. The van der Waals surface area contributed by atoms with Crippen LogP contribution in [0, 0.1) is 0 Å². The van der Waals surface area contributed by atoms with E-state index in [1.165, 1.54) is 0 Å². The van der Waals surface area contributed by atoms with Gasteiger partial charge in [0, 0.05) is 37.0 Å². The van der Waals surface area contributed by atoms with Crippen molar-refractivity contribution in [3.63, 3.8) is 0 Å². The standard InChI is InChI=1S/C14H23NO3/c1-10(2)15(7-8-18-4)12-5-6-13(11(3)16)14(17)9-12/h5-6,9-11,16-17H,7-8H2,1-4H3. The van der Waals surface area contributed by atoms with Gasteiger partial charge in [-0.15, -0.1) is 0 Å². The van der Waals surface area contributed by atoms with Gasteiger partial charge in [-0.2, -0.15) is 0 Å². The lowest BCUT2D eigenvalue weighted by Crippen LogP contribution is -2.33. The summed E-state index contributed by atoms with van der Waals surface area (Å²) >= 11 is 0. The molecule has 4 heteroatoms. The predicted octanol–water partition coefficient (Wildman–Crippen LogP) is 2.31. The smallest absolute Gasteiger partial charge is 0.123 e. The number of benzene rings is 1. The van der Waals surface area contributed by atoms with E-state index < -0.39 is 6.10 Å². The molecule has 1 aromatic carbocycles. The number of phenolic OH excluding ortho intramolecular Hbond substituents is 1. The number of aliphatic hydroxyl groups excluding tert-OH is 1. The van der Waals surface area contributed by atoms with Gasteiger partial charge in [0.15, 0.2) is 0 Å². The summed E-state index contributed by atoms with van der Waals surface area (Å²) in [6.45, 7) is 7.23. The minimum Gasteiger partial charge on any atom is -0.507 e. The molecule has 0 heterocycles. The Hall–Kier alpha value is -1.26. The Balaban J connectivity index is 2.95. The highest BCUT2D eigenvalue weighted by molar-refractivity contribution is 5.54. The molecule has 1 aromatic rings. The lowest BCUT2D eigenvalue weighted by atomic mass is 10.1. The number of methoxy groups -OCH3 is 1. The number of hydrogen-bond donors (Lipinski definition) is 2. The van der Waals surface area contributed by atoms with Gasteiger partial charge in [-0.3, -0.25) is 0 Å². The Bertz CT molecular complexity index is 377. The van der Waals surface area contributed by atoms with Crippen LogP contribution in [-0.2, 0) is 4.74 Å². The second kappa shape index (κ2) is 6.61. The molecule has 18 heavy (non-hydrogen) atoms. The normalized spacial score (nSPS) is 12.8. The minimum absolute atomic E-state index is 0.130. The topological polar surface area (TPSA) is 52.9 Å². The van der Waals surface area contributed by atoms with E-state index in [9.17, 15) is 10.2 Å². The molecule has 0 saturated carbocycles. The van der Waals surface area contributed by atoms with Crippen LogP contribution >= 0.6 is 0 Å². The van der Waals surface area contributed by atoms with Crippen LogP contribution in [0.1, 0.15) is 32.4 Å². The Morgan fingerprint density at radius 3 is 2.39 bits per heavy atom. The summed E-state index contributed by atoms with van der Waals surface area (Å²) in [6.07, 6.45) is -0.662. The zero-order valence-electron chi connectivity index (χ0n) is 11.6. The molecular weight excluding hydrogens is 230 g/mol. The van der Waals surface area contributed by atoms with Gasteiger partial charge >= 0.3 is 0 Å². The van der Waals surface area contributed by atoms with Crippen LogP contribution in [-0.4, -0.2) is 36.5 Å². The lowest BCUT2D eigenvalue weighted by Gasteiger charge is -2.29. The van der Waals surface area contributed by atoms with Crippen molar-refractivity contribution in [1.82, 2.24) is 0 Å². The third kappa shape index (κ3) is 3.62. The van der Waals surface area contributed by atoms with Gasteiger partial charge in [0.2, 0.25) is 0 Å². The number of hydrogen-bond acceptors (Lipinski definition) is 4. The summed E-state index contributed by atoms with van der Waals surface area (Å²) in [6, 6.07) is 5.68. The van der Waals surface area contributed by atoms with Crippen molar-refractivity contribution in [3.05, 3.63) is 23.8 Å². The second-order valence-corrected chi connectivity index (χ2v) is 4.70. The SMILES string of the molecule is COCCN(c1ccc(C(C)O)c(O)c1)C(C)C. The zero-order chi connectivity index (χ0) is 13.7. The molecule has 1 rings (SSSR count). The average Bonchev–Trinajstić information content (AvgIpc) is 2.28. The van der Waals surface area contributed by atoms with Gasteiger partial charge in [-0.05, 0) is 26.8 Å². The van der Waals surface area contributed by atoms with Gasteiger partial charge in [0.25, 0.3) is 0 Å². The molecule has 2 N–H and O–H groups in total. The van der Waals surface area contributed by atoms with Gasteiger partial charge in [0.1, 0.15) is 5.75 Å². The van der Waals surface area contributed by atoms with E-state index in [2.05, 4.69) is 18.7 Å². The quantitative estimate of drug-likeness (QED) is 0.817. The first-order valence-electron chi connectivity index (χ1n) is 6.24. The molecule has 0 radical (unpaired) electrons. The fourth-order valence-electron chi connectivity index (χ4n) is 1.94. The summed E-state index contributed by atoms with van der Waals surface area (Å²) in [5.74, 6) is 0.130. The van der Waals surface area contributed by atoms with E-state index in [0.29, 0.717) is 18.2 Å². The van der Waals surface area contributed by atoms with Crippen LogP contribution in [0.15, 0.2) is 18.2 Å². The van der Waals surface area contributed by atoms with E-state index in [4.69, 9.17) is 4.74 Å². The first-order valence-corrected chi connectivity index (χ1v) is 6.24. The highest BCUT2D eigenvalue weighted by Gasteiger charge is 2.14. The van der Waals surface area contributed by atoms with Crippen LogP contribution in [0.25, 0.3) is 0 Å². The number of nitrogens with zero attached hydrogens (tertiary/aromatic N) is 1. The summed E-state index contributed by atoms with van der Waals surface area (Å²) in [4.78, 5) is 2.15. The van der Waals surface area contributed by atoms with Crippen LogP contribution < -0.4 is 4.90 Å². The van der Waals surface area contributed by atoms with Crippen molar-refractivity contribution in [2.24, 2.45) is 0 Å². The van der Waals surface area contributed by atoms with Crippen molar-refractivity contribution in [1.29, 1.82) is 0 Å². The van der Waals surface area contributed by atoms with Gasteiger partial charge < -0.3 is 19.8 Å². The Labute approximate surface area is 109 Å². The number of rotatable bonds is 6. The molecule has 0 aliphatic heterocycles. The molecule has 0 bridgehead atoms. The molecule has 0 aliphatic carbocycles. The summed E-state index contributed by atoms with van der Waals surface area (Å²) in [7, 11) is 1.67. The molecule has 0 aliphatic rings. The average molecular weight is 253 g/mol. The first-order chi connectivity index (χ1) is 8.47. The molecule has 0 saturated heterocycles.